The number of benzene rings is 3. The van der Waals surface area contributed by atoms with E-state index in [9.17, 15) is 0 Å². The molecule has 128 valence electrons. The number of rotatable bonds is 2. The van der Waals surface area contributed by atoms with Gasteiger partial charge in [0.25, 0.3) is 0 Å². The molecule has 1 aliphatic rings. The molecule has 0 atom stereocenters. The Hall–Kier alpha value is -2.08. The van der Waals surface area contributed by atoms with Crippen LogP contribution < -0.4 is 0 Å². The SMILES string of the molecule is CC(C)c1ccc2c(c1)C(C)(C)c1cc3cc(C(C)C)ccc3cc1-2. The monoisotopic (exact) mass is 328 g/mol. The number of fused-ring (bicyclic) bond motifs is 4. The van der Waals surface area contributed by atoms with E-state index < -0.39 is 0 Å². The van der Waals surface area contributed by atoms with E-state index in [0.29, 0.717) is 11.8 Å². The highest BCUT2D eigenvalue weighted by Crippen LogP contribution is 2.50. The van der Waals surface area contributed by atoms with Gasteiger partial charge in [-0.15, -0.1) is 0 Å². The molecule has 0 heterocycles. The van der Waals surface area contributed by atoms with Crippen LogP contribution in [0.5, 0.6) is 0 Å². The zero-order chi connectivity index (χ0) is 17.9. The molecule has 3 aromatic rings. The van der Waals surface area contributed by atoms with E-state index in [1.807, 2.05) is 0 Å². The predicted molar refractivity (Wildman–Crippen MR) is 110 cm³/mol. The summed E-state index contributed by atoms with van der Waals surface area (Å²) in [6, 6.07) is 18.9. The van der Waals surface area contributed by atoms with Crippen LogP contribution in [-0.4, -0.2) is 0 Å². The van der Waals surface area contributed by atoms with E-state index >= 15 is 0 Å². The third kappa shape index (κ3) is 2.42. The lowest BCUT2D eigenvalue weighted by Crippen LogP contribution is -2.15. The van der Waals surface area contributed by atoms with Crippen molar-refractivity contribution in [3.05, 3.63) is 70.8 Å². The van der Waals surface area contributed by atoms with Crippen molar-refractivity contribution in [1.82, 2.24) is 0 Å². The van der Waals surface area contributed by atoms with Gasteiger partial charge in [-0.25, -0.2) is 0 Å². The van der Waals surface area contributed by atoms with Crippen LogP contribution in [0, 0.1) is 0 Å². The van der Waals surface area contributed by atoms with Crippen molar-refractivity contribution < 1.29 is 0 Å². The molecule has 25 heavy (non-hydrogen) atoms. The Labute approximate surface area is 151 Å². The first-order valence-electron chi connectivity index (χ1n) is 9.52. The highest BCUT2D eigenvalue weighted by molar-refractivity contribution is 5.93. The molecule has 0 aliphatic heterocycles. The quantitative estimate of drug-likeness (QED) is 0.460. The van der Waals surface area contributed by atoms with Crippen LogP contribution in [0.2, 0.25) is 0 Å². The van der Waals surface area contributed by atoms with E-state index in [1.54, 1.807) is 0 Å². The molecular weight excluding hydrogens is 300 g/mol. The number of hydrogen-bond acceptors (Lipinski definition) is 0. The standard InChI is InChI=1S/C25H28/c1-15(2)17-7-8-19-12-22-21-10-9-18(16(3)4)13-23(21)25(5,6)24(22)14-20(19)11-17/h7-16H,1-6H3. The summed E-state index contributed by atoms with van der Waals surface area (Å²) in [6.07, 6.45) is 0. The third-order valence-corrected chi connectivity index (χ3v) is 6.01. The van der Waals surface area contributed by atoms with Crippen molar-refractivity contribution in [2.24, 2.45) is 0 Å². The summed E-state index contributed by atoms with van der Waals surface area (Å²) < 4.78 is 0. The van der Waals surface area contributed by atoms with Crippen molar-refractivity contribution in [2.75, 3.05) is 0 Å². The molecule has 0 aromatic heterocycles. The van der Waals surface area contributed by atoms with Crippen LogP contribution in [0.1, 0.15) is 75.6 Å². The Balaban J connectivity index is 1.97. The van der Waals surface area contributed by atoms with Crippen LogP contribution in [0.15, 0.2) is 48.5 Å². The minimum atomic E-state index is 0.0671. The summed E-state index contributed by atoms with van der Waals surface area (Å²) >= 11 is 0. The van der Waals surface area contributed by atoms with Gasteiger partial charge in [-0.3, -0.25) is 0 Å². The molecule has 4 rings (SSSR count). The van der Waals surface area contributed by atoms with E-state index in [2.05, 4.69) is 90.1 Å². The molecule has 0 radical (unpaired) electrons. The van der Waals surface area contributed by atoms with Gasteiger partial charge in [-0.2, -0.15) is 0 Å². The molecule has 0 unspecified atom stereocenters. The van der Waals surface area contributed by atoms with E-state index in [-0.39, 0.29) is 5.41 Å². The Morgan fingerprint density at radius 3 is 1.88 bits per heavy atom. The first kappa shape index (κ1) is 16.4. The van der Waals surface area contributed by atoms with Gasteiger partial charge in [0.05, 0.1) is 0 Å². The molecule has 1 aliphatic carbocycles. The highest BCUT2D eigenvalue weighted by atomic mass is 14.4. The summed E-state index contributed by atoms with van der Waals surface area (Å²) in [5.74, 6) is 1.13. The second-order valence-corrected chi connectivity index (χ2v) is 8.74. The number of hydrogen-bond donors (Lipinski definition) is 0. The third-order valence-electron chi connectivity index (χ3n) is 6.01. The van der Waals surface area contributed by atoms with E-state index in [1.165, 1.54) is 44.2 Å². The Morgan fingerprint density at radius 2 is 1.20 bits per heavy atom. The van der Waals surface area contributed by atoms with Crippen LogP contribution in [0.3, 0.4) is 0 Å². The van der Waals surface area contributed by atoms with Crippen molar-refractivity contribution in [1.29, 1.82) is 0 Å². The fourth-order valence-electron chi connectivity index (χ4n) is 4.23. The van der Waals surface area contributed by atoms with Gasteiger partial charge in [0.1, 0.15) is 0 Å². The Bertz CT molecular complexity index is 971. The zero-order valence-corrected chi connectivity index (χ0v) is 16.3. The average Bonchev–Trinajstić information content (AvgIpc) is 2.79. The van der Waals surface area contributed by atoms with Gasteiger partial charge in [-0.05, 0) is 68.1 Å². The fourth-order valence-corrected chi connectivity index (χ4v) is 4.23. The molecule has 0 saturated carbocycles. The van der Waals surface area contributed by atoms with Crippen LogP contribution in [0.4, 0.5) is 0 Å². The molecule has 0 spiro atoms. The maximum absolute atomic E-state index is 2.44. The van der Waals surface area contributed by atoms with Crippen molar-refractivity contribution in [3.63, 3.8) is 0 Å². The lowest BCUT2D eigenvalue weighted by molar-refractivity contribution is 0.658. The highest BCUT2D eigenvalue weighted by Gasteiger charge is 2.35. The molecule has 0 heteroatoms. The Kier molecular flexibility index (Phi) is 3.58. The van der Waals surface area contributed by atoms with Crippen molar-refractivity contribution in [3.8, 4) is 11.1 Å². The smallest absolute Gasteiger partial charge is 0.0159 e. The van der Waals surface area contributed by atoms with Gasteiger partial charge in [0.2, 0.25) is 0 Å². The zero-order valence-electron chi connectivity index (χ0n) is 16.3. The summed E-state index contributed by atoms with van der Waals surface area (Å²) in [7, 11) is 0. The second kappa shape index (κ2) is 5.46. The lowest BCUT2D eigenvalue weighted by Gasteiger charge is -2.23. The first-order valence-corrected chi connectivity index (χ1v) is 9.52. The summed E-state index contributed by atoms with van der Waals surface area (Å²) in [6.45, 7) is 13.8. The normalized spacial score (nSPS) is 15.0. The molecule has 0 fully saturated rings. The van der Waals surface area contributed by atoms with Gasteiger partial charge >= 0.3 is 0 Å². The van der Waals surface area contributed by atoms with Crippen LogP contribution >= 0.6 is 0 Å². The molecule has 0 nitrogen and oxygen atoms in total. The minimum Gasteiger partial charge on any atom is -0.0587 e. The van der Waals surface area contributed by atoms with Crippen molar-refractivity contribution in [2.45, 2.75) is 58.8 Å². The molecular formula is C25H28. The summed E-state index contributed by atoms with van der Waals surface area (Å²) in [5, 5.41) is 2.72. The van der Waals surface area contributed by atoms with Gasteiger partial charge < -0.3 is 0 Å². The first-order chi connectivity index (χ1) is 11.8. The van der Waals surface area contributed by atoms with Crippen molar-refractivity contribution >= 4 is 10.8 Å². The maximum atomic E-state index is 2.44. The largest absolute Gasteiger partial charge is 0.0587 e. The molecule has 0 N–H and O–H groups in total. The van der Waals surface area contributed by atoms with Crippen LogP contribution in [-0.2, 0) is 5.41 Å². The lowest BCUT2D eigenvalue weighted by atomic mass is 9.80. The van der Waals surface area contributed by atoms with Gasteiger partial charge in [-0.1, -0.05) is 77.9 Å². The van der Waals surface area contributed by atoms with Gasteiger partial charge in [0.15, 0.2) is 0 Å². The molecule has 0 bridgehead atoms. The molecule has 3 aromatic carbocycles. The van der Waals surface area contributed by atoms with E-state index in [0.717, 1.165) is 0 Å². The summed E-state index contributed by atoms with van der Waals surface area (Å²) in [4.78, 5) is 0. The summed E-state index contributed by atoms with van der Waals surface area (Å²) in [5.41, 5.74) is 8.70. The van der Waals surface area contributed by atoms with Gasteiger partial charge in [0, 0.05) is 5.41 Å². The second-order valence-electron chi connectivity index (χ2n) is 8.74. The van der Waals surface area contributed by atoms with Crippen LogP contribution in [0.25, 0.3) is 21.9 Å². The maximum Gasteiger partial charge on any atom is 0.0159 e. The minimum absolute atomic E-state index is 0.0671. The van der Waals surface area contributed by atoms with E-state index in [4.69, 9.17) is 0 Å². The average molecular weight is 328 g/mol. The Morgan fingerprint density at radius 1 is 0.600 bits per heavy atom. The topological polar surface area (TPSA) is 0 Å². The predicted octanol–water partition coefficient (Wildman–Crippen LogP) is 7.39. The molecule has 0 saturated heterocycles. The fraction of sp³-hybridized carbons (Fsp3) is 0.360. The molecule has 0 amide bonds.